The van der Waals surface area contributed by atoms with E-state index in [1.165, 1.54) is 12.1 Å². The third-order valence-corrected chi connectivity index (χ3v) is 4.43. The number of phenolic OH excluding ortho intramolecular Hbond substituents is 2. The fourth-order valence-corrected chi connectivity index (χ4v) is 3.11. The monoisotopic (exact) mass is 336 g/mol. The molecule has 0 saturated carbocycles. The molecule has 2 aromatic carbocycles. The third-order valence-electron chi connectivity index (χ3n) is 3.44. The van der Waals surface area contributed by atoms with E-state index in [-0.39, 0.29) is 23.5 Å². The van der Waals surface area contributed by atoms with Crippen LogP contribution in [-0.4, -0.2) is 25.8 Å². The van der Waals surface area contributed by atoms with Gasteiger partial charge in [-0.1, -0.05) is 18.2 Å². The lowest BCUT2D eigenvalue weighted by Gasteiger charge is -2.11. The number of phenols is 2. The van der Waals surface area contributed by atoms with Gasteiger partial charge in [-0.2, -0.15) is 0 Å². The Hall–Kier alpha value is -2.14. The van der Waals surface area contributed by atoms with Crippen molar-refractivity contribution in [1.29, 1.82) is 0 Å². The number of aromatic hydroxyl groups is 2. The van der Waals surface area contributed by atoms with Gasteiger partial charge in [0.25, 0.3) is 0 Å². The summed E-state index contributed by atoms with van der Waals surface area (Å²) in [6.07, 6.45) is 0.978. The summed E-state index contributed by atoms with van der Waals surface area (Å²) in [6.45, 7) is 0. The first-order valence-electron chi connectivity index (χ1n) is 6.98. The molecule has 2 aromatic rings. The van der Waals surface area contributed by atoms with Gasteiger partial charge in [0.1, 0.15) is 11.5 Å². The molecule has 0 unspecified atom stereocenters. The van der Waals surface area contributed by atoms with Crippen LogP contribution >= 0.6 is 7.60 Å². The van der Waals surface area contributed by atoms with E-state index < -0.39 is 18.7 Å². The summed E-state index contributed by atoms with van der Waals surface area (Å²) < 4.78 is 11.4. The Bertz CT molecular complexity index is 765. The van der Waals surface area contributed by atoms with Crippen molar-refractivity contribution in [2.75, 3.05) is 0 Å². The first kappa shape index (κ1) is 17.2. The third kappa shape index (κ3) is 4.42. The SMILES string of the molecule is O=C(CCCc1ccccc1O)c1ccc(O)cc1P(=O)(O)O. The molecule has 0 amide bonds. The van der Waals surface area contributed by atoms with Crippen LogP contribution in [0.15, 0.2) is 42.5 Å². The van der Waals surface area contributed by atoms with E-state index in [0.717, 1.165) is 6.07 Å². The van der Waals surface area contributed by atoms with Gasteiger partial charge < -0.3 is 20.0 Å². The van der Waals surface area contributed by atoms with Crippen LogP contribution in [0.3, 0.4) is 0 Å². The Morgan fingerprint density at radius 1 is 1.04 bits per heavy atom. The molecular formula is C16H17O6P. The average Bonchev–Trinajstić information content (AvgIpc) is 2.48. The second-order valence-corrected chi connectivity index (χ2v) is 6.72. The van der Waals surface area contributed by atoms with E-state index in [2.05, 4.69) is 0 Å². The fourth-order valence-electron chi connectivity index (χ4n) is 2.29. The molecule has 0 heterocycles. The number of para-hydroxylation sites is 1. The molecule has 0 aliphatic carbocycles. The average molecular weight is 336 g/mol. The van der Waals surface area contributed by atoms with Crippen LogP contribution in [0.2, 0.25) is 0 Å². The Morgan fingerprint density at radius 2 is 1.74 bits per heavy atom. The molecule has 0 bridgehead atoms. The zero-order valence-corrected chi connectivity index (χ0v) is 13.1. The number of hydrogen-bond acceptors (Lipinski definition) is 4. The van der Waals surface area contributed by atoms with Crippen molar-refractivity contribution in [2.45, 2.75) is 19.3 Å². The number of Topliss-reactive ketones (excluding diaryl/α,β-unsaturated/α-hetero) is 1. The zero-order chi connectivity index (χ0) is 17.0. The molecule has 122 valence electrons. The van der Waals surface area contributed by atoms with E-state index >= 15 is 0 Å². The largest absolute Gasteiger partial charge is 0.508 e. The number of aryl methyl sites for hydroxylation is 1. The predicted octanol–water partition coefficient (Wildman–Crippen LogP) is 2.11. The lowest BCUT2D eigenvalue weighted by atomic mass is 10.0. The summed E-state index contributed by atoms with van der Waals surface area (Å²) in [5.74, 6) is -0.576. The van der Waals surface area contributed by atoms with Crippen molar-refractivity contribution in [3.63, 3.8) is 0 Å². The summed E-state index contributed by atoms with van der Waals surface area (Å²) in [4.78, 5) is 30.8. The van der Waals surface area contributed by atoms with Crippen LogP contribution in [0.1, 0.15) is 28.8 Å². The van der Waals surface area contributed by atoms with E-state index in [1.807, 2.05) is 0 Å². The number of benzene rings is 2. The number of rotatable bonds is 6. The van der Waals surface area contributed by atoms with Crippen LogP contribution in [0.4, 0.5) is 0 Å². The van der Waals surface area contributed by atoms with Gasteiger partial charge in [0.15, 0.2) is 5.78 Å². The van der Waals surface area contributed by atoms with Gasteiger partial charge in [-0.3, -0.25) is 9.36 Å². The van der Waals surface area contributed by atoms with Crippen LogP contribution in [0.5, 0.6) is 11.5 Å². The Balaban J connectivity index is 2.10. The molecule has 6 nitrogen and oxygen atoms in total. The second-order valence-electron chi connectivity index (χ2n) is 5.15. The molecule has 2 rings (SSSR count). The molecular weight excluding hydrogens is 319 g/mol. The summed E-state index contributed by atoms with van der Waals surface area (Å²) in [5.41, 5.74) is 0.620. The van der Waals surface area contributed by atoms with Crippen LogP contribution in [0, 0.1) is 0 Å². The van der Waals surface area contributed by atoms with Crippen LogP contribution in [-0.2, 0) is 11.0 Å². The maximum Gasteiger partial charge on any atom is 0.357 e. The van der Waals surface area contributed by atoms with Gasteiger partial charge >= 0.3 is 7.60 Å². The van der Waals surface area contributed by atoms with Crippen molar-refractivity contribution in [2.24, 2.45) is 0 Å². The lowest BCUT2D eigenvalue weighted by molar-refractivity contribution is 0.0980. The van der Waals surface area contributed by atoms with Gasteiger partial charge in [0, 0.05) is 12.0 Å². The minimum absolute atomic E-state index is 0.0755. The molecule has 0 aliphatic heterocycles. The number of carbonyl (C=O) groups is 1. The molecule has 0 saturated heterocycles. The predicted molar refractivity (Wildman–Crippen MR) is 85.2 cm³/mol. The number of carbonyl (C=O) groups excluding carboxylic acids is 1. The molecule has 23 heavy (non-hydrogen) atoms. The van der Waals surface area contributed by atoms with Gasteiger partial charge in [0.2, 0.25) is 0 Å². The molecule has 0 fully saturated rings. The highest BCUT2D eigenvalue weighted by molar-refractivity contribution is 7.60. The van der Waals surface area contributed by atoms with Crippen molar-refractivity contribution in [3.05, 3.63) is 53.6 Å². The Morgan fingerprint density at radius 3 is 2.39 bits per heavy atom. The number of ketones is 1. The minimum atomic E-state index is -4.66. The van der Waals surface area contributed by atoms with E-state index in [9.17, 15) is 29.4 Å². The molecule has 0 aliphatic rings. The van der Waals surface area contributed by atoms with E-state index in [1.54, 1.807) is 24.3 Å². The van der Waals surface area contributed by atoms with Gasteiger partial charge in [0.05, 0.1) is 5.30 Å². The summed E-state index contributed by atoms with van der Waals surface area (Å²) >= 11 is 0. The van der Waals surface area contributed by atoms with Crippen LogP contribution in [0.25, 0.3) is 0 Å². The first-order chi connectivity index (χ1) is 10.8. The van der Waals surface area contributed by atoms with Gasteiger partial charge in [-0.05, 0) is 42.7 Å². The molecule has 0 atom stereocenters. The minimum Gasteiger partial charge on any atom is -0.508 e. The molecule has 4 N–H and O–H groups in total. The van der Waals surface area contributed by atoms with Crippen molar-refractivity contribution >= 4 is 18.7 Å². The first-order valence-corrected chi connectivity index (χ1v) is 8.59. The standard InChI is InChI=1S/C16H17O6P/c17-12-8-9-13(16(10-12)23(20,21)22)15(19)7-3-5-11-4-1-2-6-14(11)18/h1-2,4,6,8-10,17-18H,3,5,7H2,(H2,20,21,22). The normalized spacial score (nSPS) is 11.4. The van der Waals surface area contributed by atoms with Crippen molar-refractivity contribution in [1.82, 2.24) is 0 Å². The lowest BCUT2D eigenvalue weighted by Crippen LogP contribution is -2.16. The quantitative estimate of drug-likeness (QED) is 0.474. The van der Waals surface area contributed by atoms with Crippen LogP contribution < -0.4 is 5.30 Å². The highest BCUT2D eigenvalue weighted by Crippen LogP contribution is 2.36. The summed E-state index contributed by atoms with van der Waals surface area (Å²) in [7, 11) is -4.66. The second kappa shape index (κ2) is 6.96. The zero-order valence-electron chi connectivity index (χ0n) is 12.2. The smallest absolute Gasteiger partial charge is 0.357 e. The Kier molecular flexibility index (Phi) is 5.21. The highest BCUT2D eigenvalue weighted by Gasteiger charge is 2.25. The fraction of sp³-hybridized carbons (Fsp3) is 0.188. The topological polar surface area (TPSA) is 115 Å². The van der Waals surface area contributed by atoms with Crippen molar-refractivity contribution < 1.29 is 29.4 Å². The molecule has 0 radical (unpaired) electrons. The van der Waals surface area contributed by atoms with Gasteiger partial charge in [-0.25, -0.2) is 0 Å². The maximum absolute atomic E-state index is 12.2. The van der Waals surface area contributed by atoms with Gasteiger partial charge in [-0.15, -0.1) is 0 Å². The highest BCUT2D eigenvalue weighted by atomic mass is 31.2. The summed E-state index contributed by atoms with van der Waals surface area (Å²) in [5, 5.41) is 18.5. The van der Waals surface area contributed by atoms with E-state index in [4.69, 9.17) is 0 Å². The molecule has 7 heteroatoms. The van der Waals surface area contributed by atoms with Crippen molar-refractivity contribution in [3.8, 4) is 11.5 Å². The summed E-state index contributed by atoms with van der Waals surface area (Å²) in [6, 6.07) is 10.1. The number of hydrogen-bond donors (Lipinski definition) is 4. The molecule has 0 aromatic heterocycles. The maximum atomic E-state index is 12.2. The van der Waals surface area contributed by atoms with E-state index in [0.29, 0.717) is 18.4 Å². The Labute approximate surface area is 133 Å². The molecule has 0 spiro atoms.